The lowest BCUT2D eigenvalue weighted by atomic mass is 9.87. The Morgan fingerprint density at radius 1 is 1.20 bits per heavy atom. The Kier molecular flexibility index (Phi) is 6.58. The van der Waals surface area contributed by atoms with E-state index in [0.717, 1.165) is 37.0 Å². The van der Waals surface area contributed by atoms with E-state index in [1.165, 1.54) is 12.1 Å². The summed E-state index contributed by atoms with van der Waals surface area (Å²) < 4.78 is 42.4. The maximum atomic E-state index is 13.8. The van der Waals surface area contributed by atoms with Crippen molar-refractivity contribution in [2.75, 3.05) is 25.4 Å². The maximum absolute atomic E-state index is 13.8. The number of hydrogen-bond donors (Lipinski definition) is 2. The number of benzene rings is 2. The van der Waals surface area contributed by atoms with Crippen LogP contribution >= 0.6 is 0 Å². The lowest BCUT2D eigenvalue weighted by Gasteiger charge is -2.21. The highest BCUT2D eigenvalue weighted by atomic mass is 32.2. The molecule has 0 aromatic heterocycles. The third-order valence-corrected chi connectivity index (χ3v) is 6.46. The molecule has 2 aromatic carbocycles. The first-order valence-electron chi connectivity index (χ1n) is 9.71. The van der Waals surface area contributed by atoms with Gasteiger partial charge in [-0.3, -0.25) is 4.72 Å². The number of aryl methyl sites for hydroxylation is 1. The zero-order valence-electron chi connectivity index (χ0n) is 17.0. The highest BCUT2D eigenvalue weighted by molar-refractivity contribution is 7.92. The molecule has 30 heavy (non-hydrogen) atoms. The minimum Gasteiger partial charge on any atom is -0.478 e. The van der Waals surface area contributed by atoms with Crippen molar-refractivity contribution in [3.05, 3.63) is 64.5 Å². The number of carboxylic acid groups (broad SMARTS) is 1. The summed E-state index contributed by atoms with van der Waals surface area (Å²) in [5.74, 6) is -1.73. The Hall–Kier alpha value is -2.71. The zero-order chi connectivity index (χ0) is 21.9. The second kappa shape index (κ2) is 8.97. The van der Waals surface area contributed by atoms with Gasteiger partial charge in [-0.05, 0) is 80.7 Å². The van der Waals surface area contributed by atoms with Crippen LogP contribution in [0.3, 0.4) is 0 Å². The van der Waals surface area contributed by atoms with Gasteiger partial charge in [-0.25, -0.2) is 17.6 Å². The molecular formula is C22H25FN2O4S. The van der Waals surface area contributed by atoms with Gasteiger partial charge in [-0.1, -0.05) is 18.2 Å². The van der Waals surface area contributed by atoms with Crippen LogP contribution in [0.25, 0.3) is 6.08 Å². The molecule has 0 unspecified atom stereocenters. The fraction of sp³-hybridized carbons (Fsp3) is 0.318. The van der Waals surface area contributed by atoms with E-state index in [2.05, 4.69) is 4.72 Å². The normalized spacial score (nSPS) is 14.1. The number of halogens is 1. The number of aromatic carboxylic acids is 1. The fourth-order valence-electron chi connectivity index (χ4n) is 3.64. The molecule has 0 saturated carbocycles. The molecule has 0 bridgehead atoms. The zero-order valence-corrected chi connectivity index (χ0v) is 17.8. The van der Waals surface area contributed by atoms with Crippen molar-refractivity contribution in [3.8, 4) is 0 Å². The summed E-state index contributed by atoms with van der Waals surface area (Å²) in [4.78, 5) is 13.7. The first kappa shape index (κ1) is 22.0. The van der Waals surface area contributed by atoms with Crippen LogP contribution in [0.4, 0.5) is 10.1 Å². The van der Waals surface area contributed by atoms with Gasteiger partial charge in [-0.15, -0.1) is 0 Å². The van der Waals surface area contributed by atoms with E-state index in [4.69, 9.17) is 0 Å². The number of rotatable bonds is 7. The summed E-state index contributed by atoms with van der Waals surface area (Å²) in [5, 5.41) is 9.75. The number of hydrogen-bond acceptors (Lipinski definition) is 4. The van der Waals surface area contributed by atoms with Crippen LogP contribution in [-0.2, 0) is 22.9 Å². The molecule has 8 heteroatoms. The SMILES string of the molecule is CN(C)CC=Cc1cc(F)ccc1S(=O)(=O)Nc1ccc2c(c1C(=O)O)CCCC2. The van der Waals surface area contributed by atoms with E-state index in [1.807, 2.05) is 19.0 Å². The topological polar surface area (TPSA) is 86.7 Å². The van der Waals surface area contributed by atoms with Crippen molar-refractivity contribution >= 4 is 27.8 Å². The maximum Gasteiger partial charge on any atom is 0.338 e. The third-order valence-electron chi connectivity index (χ3n) is 5.02. The first-order valence-corrected chi connectivity index (χ1v) is 11.2. The van der Waals surface area contributed by atoms with Crippen molar-refractivity contribution < 1.29 is 22.7 Å². The highest BCUT2D eigenvalue weighted by Crippen LogP contribution is 2.32. The van der Waals surface area contributed by atoms with Gasteiger partial charge < -0.3 is 10.0 Å². The van der Waals surface area contributed by atoms with Crippen LogP contribution in [-0.4, -0.2) is 45.0 Å². The Morgan fingerprint density at radius 3 is 2.63 bits per heavy atom. The van der Waals surface area contributed by atoms with Crippen LogP contribution < -0.4 is 4.72 Å². The van der Waals surface area contributed by atoms with E-state index in [9.17, 15) is 22.7 Å². The fourth-order valence-corrected chi connectivity index (χ4v) is 4.90. The van der Waals surface area contributed by atoms with Gasteiger partial charge in [0.25, 0.3) is 10.0 Å². The van der Waals surface area contributed by atoms with Crippen LogP contribution in [0.15, 0.2) is 41.3 Å². The van der Waals surface area contributed by atoms with Gasteiger partial charge in [0, 0.05) is 6.54 Å². The van der Waals surface area contributed by atoms with Crippen LogP contribution in [0.5, 0.6) is 0 Å². The molecular weight excluding hydrogens is 407 g/mol. The van der Waals surface area contributed by atoms with Gasteiger partial charge in [-0.2, -0.15) is 0 Å². The van der Waals surface area contributed by atoms with E-state index in [0.29, 0.717) is 18.5 Å². The number of carboxylic acids is 1. The van der Waals surface area contributed by atoms with E-state index in [1.54, 1.807) is 18.2 Å². The smallest absolute Gasteiger partial charge is 0.338 e. The molecule has 160 valence electrons. The Morgan fingerprint density at radius 2 is 1.93 bits per heavy atom. The van der Waals surface area contributed by atoms with Crippen LogP contribution in [0, 0.1) is 5.82 Å². The van der Waals surface area contributed by atoms with Gasteiger partial charge in [0.2, 0.25) is 0 Å². The summed E-state index contributed by atoms with van der Waals surface area (Å²) in [7, 11) is -0.419. The lowest BCUT2D eigenvalue weighted by Crippen LogP contribution is -2.19. The summed E-state index contributed by atoms with van der Waals surface area (Å²) in [6.07, 6.45) is 6.50. The van der Waals surface area contributed by atoms with Gasteiger partial charge >= 0.3 is 5.97 Å². The minimum atomic E-state index is -4.14. The standard InChI is InChI=1S/C22H25FN2O4S/c1-25(2)13-5-7-16-14-17(23)10-12-20(16)30(28,29)24-19-11-9-15-6-3-4-8-18(15)21(19)22(26)27/h5,7,9-12,14,24H,3-4,6,8,13H2,1-2H3,(H,26,27). The number of fused-ring (bicyclic) bond motifs is 1. The number of anilines is 1. The predicted molar refractivity (Wildman–Crippen MR) is 115 cm³/mol. The van der Waals surface area contributed by atoms with Crippen molar-refractivity contribution in [1.82, 2.24) is 4.90 Å². The second-order valence-electron chi connectivity index (χ2n) is 7.59. The highest BCUT2D eigenvalue weighted by Gasteiger charge is 2.25. The van der Waals surface area contributed by atoms with Crippen molar-refractivity contribution in [2.24, 2.45) is 0 Å². The molecule has 2 aromatic rings. The molecule has 0 spiro atoms. The quantitative estimate of drug-likeness (QED) is 0.695. The first-order chi connectivity index (χ1) is 14.2. The molecule has 0 saturated heterocycles. The molecule has 0 amide bonds. The van der Waals surface area contributed by atoms with Crippen molar-refractivity contribution in [2.45, 2.75) is 30.6 Å². The van der Waals surface area contributed by atoms with Crippen LogP contribution in [0.1, 0.15) is 39.9 Å². The molecule has 6 nitrogen and oxygen atoms in total. The summed E-state index contributed by atoms with van der Waals surface area (Å²) in [5.41, 5.74) is 1.83. The molecule has 0 aliphatic heterocycles. The molecule has 3 rings (SSSR count). The summed E-state index contributed by atoms with van der Waals surface area (Å²) in [6.45, 7) is 0.553. The van der Waals surface area contributed by atoms with Gasteiger partial charge in [0.05, 0.1) is 16.1 Å². The Labute approximate surface area is 176 Å². The average Bonchev–Trinajstić information content (AvgIpc) is 2.66. The second-order valence-corrected chi connectivity index (χ2v) is 9.24. The van der Waals surface area contributed by atoms with Crippen LogP contribution in [0.2, 0.25) is 0 Å². The van der Waals surface area contributed by atoms with Crippen molar-refractivity contribution in [1.29, 1.82) is 0 Å². The largest absolute Gasteiger partial charge is 0.478 e. The van der Waals surface area contributed by atoms with Crippen molar-refractivity contribution in [3.63, 3.8) is 0 Å². The molecule has 0 radical (unpaired) electrons. The van der Waals surface area contributed by atoms with Gasteiger partial charge in [0.1, 0.15) is 5.82 Å². The number of sulfonamides is 1. The lowest BCUT2D eigenvalue weighted by molar-refractivity contribution is 0.0696. The monoisotopic (exact) mass is 432 g/mol. The number of nitrogens with one attached hydrogen (secondary N) is 1. The number of carbonyl (C=O) groups is 1. The molecule has 2 N–H and O–H groups in total. The molecule has 0 heterocycles. The Bertz CT molecular complexity index is 1090. The van der Waals surface area contributed by atoms with Gasteiger partial charge in [0.15, 0.2) is 0 Å². The van der Waals surface area contributed by atoms with E-state index in [-0.39, 0.29) is 21.7 Å². The molecule has 0 fully saturated rings. The summed E-state index contributed by atoms with van der Waals surface area (Å²) in [6, 6.07) is 6.68. The molecule has 1 aliphatic carbocycles. The predicted octanol–water partition coefficient (Wildman–Crippen LogP) is 3.78. The van der Waals surface area contributed by atoms with E-state index < -0.39 is 21.8 Å². The number of nitrogens with zero attached hydrogens (tertiary/aromatic N) is 1. The molecule has 1 aliphatic rings. The minimum absolute atomic E-state index is 0.0115. The molecule has 0 atom stereocenters. The van der Waals surface area contributed by atoms with E-state index >= 15 is 0 Å². The third kappa shape index (κ3) is 4.88. The average molecular weight is 433 g/mol. The number of likely N-dealkylation sites (N-methyl/N-ethyl adjacent to an activating group) is 1. The summed E-state index contributed by atoms with van der Waals surface area (Å²) >= 11 is 0. The Balaban J connectivity index is 2.02.